The maximum absolute atomic E-state index is 11.6. The highest BCUT2D eigenvalue weighted by molar-refractivity contribution is 7.17. The summed E-state index contributed by atoms with van der Waals surface area (Å²) in [5.74, 6) is 0.941. The number of nitrogens with one attached hydrogen (secondary N) is 1. The number of amides is 1. The fraction of sp³-hybridized carbons (Fsp3) is 0.423. The van der Waals surface area contributed by atoms with E-state index in [-0.39, 0.29) is 30.7 Å². The summed E-state index contributed by atoms with van der Waals surface area (Å²) in [6.45, 7) is 6.34. The van der Waals surface area contributed by atoms with Gasteiger partial charge in [-0.3, -0.25) is 4.79 Å². The summed E-state index contributed by atoms with van der Waals surface area (Å²) in [5.41, 5.74) is 3.49. The third-order valence-corrected chi connectivity index (χ3v) is 7.40. The molecule has 5 nitrogen and oxygen atoms in total. The molecule has 1 aromatic heterocycles. The van der Waals surface area contributed by atoms with Crippen LogP contribution in [0.2, 0.25) is 0 Å². The molecule has 1 saturated heterocycles. The van der Waals surface area contributed by atoms with Gasteiger partial charge in [-0.05, 0) is 74.0 Å². The van der Waals surface area contributed by atoms with E-state index in [0.29, 0.717) is 13.0 Å². The van der Waals surface area contributed by atoms with Crippen LogP contribution in [0.4, 0.5) is 11.4 Å². The molecule has 1 N–H and O–H groups in total. The molecule has 2 aliphatic rings. The van der Waals surface area contributed by atoms with Crippen molar-refractivity contribution in [2.45, 2.75) is 32.1 Å². The fourth-order valence-electron chi connectivity index (χ4n) is 4.76. The van der Waals surface area contributed by atoms with Gasteiger partial charge in [0.2, 0.25) is 5.91 Å². The smallest absolute Gasteiger partial charge is 0.224 e. The maximum atomic E-state index is 11.6. The number of rotatable bonds is 7. The highest BCUT2D eigenvalue weighted by atomic mass is 35.5. The second-order valence-corrected chi connectivity index (χ2v) is 9.66. The van der Waals surface area contributed by atoms with Gasteiger partial charge in [0.25, 0.3) is 0 Å². The van der Waals surface area contributed by atoms with Crippen LogP contribution in [0.1, 0.15) is 31.2 Å². The van der Waals surface area contributed by atoms with Crippen molar-refractivity contribution < 1.29 is 9.53 Å². The average molecular weight is 523 g/mol. The zero-order chi connectivity index (χ0) is 21.8. The first-order valence-corrected chi connectivity index (χ1v) is 12.6. The van der Waals surface area contributed by atoms with Gasteiger partial charge in [0.1, 0.15) is 5.75 Å². The van der Waals surface area contributed by atoms with Crippen LogP contribution in [0.3, 0.4) is 0 Å². The van der Waals surface area contributed by atoms with Crippen LogP contribution in [0, 0.1) is 0 Å². The molecule has 0 radical (unpaired) electrons. The standard InChI is InChI=1S/C26H31N3O2S.2ClH/c30-26-10-8-20-7-9-21(19-23(20)27-26)31-17-2-1-12-28-13-4-14-29(16-15-28)24-5-3-6-25-22(24)11-18-32-25;;/h3,5-7,9,11,18-19H,1-2,4,8,10,12-17H2,(H,27,30);2*1H. The summed E-state index contributed by atoms with van der Waals surface area (Å²) >= 11 is 1.82. The zero-order valence-electron chi connectivity index (χ0n) is 19.3. The molecule has 0 saturated carbocycles. The molecule has 3 heterocycles. The van der Waals surface area contributed by atoms with Crippen LogP contribution < -0.4 is 15.0 Å². The molecule has 8 heteroatoms. The fourth-order valence-corrected chi connectivity index (χ4v) is 5.56. The first kappa shape index (κ1) is 26.6. The molecule has 0 aliphatic carbocycles. The summed E-state index contributed by atoms with van der Waals surface area (Å²) < 4.78 is 7.33. The Morgan fingerprint density at radius 3 is 2.79 bits per heavy atom. The van der Waals surface area contributed by atoms with E-state index >= 15 is 0 Å². The van der Waals surface area contributed by atoms with Gasteiger partial charge in [0.15, 0.2) is 0 Å². The first-order valence-electron chi connectivity index (χ1n) is 11.8. The van der Waals surface area contributed by atoms with E-state index in [0.717, 1.165) is 56.9 Å². The van der Waals surface area contributed by atoms with Gasteiger partial charge in [-0.2, -0.15) is 0 Å². The second-order valence-electron chi connectivity index (χ2n) is 8.71. The number of ether oxygens (including phenoxy) is 1. The lowest BCUT2D eigenvalue weighted by Gasteiger charge is -2.24. The lowest BCUT2D eigenvalue weighted by molar-refractivity contribution is -0.116. The number of thiophene rings is 1. The van der Waals surface area contributed by atoms with Gasteiger partial charge < -0.3 is 19.9 Å². The molecule has 3 aromatic rings. The van der Waals surface area contributed by atoms with Gasteiger partial charge in [0, 0.05) is 53.6 Å². The number of halogens is 2. The van der Waals surface area contributed by atoms with Gasteiger partial charge in [0.05, 0.1) is 6.61 Å². The molecule has 1 fully saturated rings. The quantitative estimate of drug-likeness (QED) is 0.387. The molecule has 5 rings (SSSR count). The topological polar surface area (TPSA) is 44.8 Å². The summed E-state index contributed by atoms with van der Waals surface area (Å²) in [7, 11) is 0. The van der Waals surface area contributed by atoms with Crippen LogP contribution in [-0.2, 0) is 11.2 Å². The lowest BCUT2D eigenvalue weighted by atomic mass is 10.0. The maximum Gasteiger partial charge on any atom is 0.224 e. The molecule has 0 atom stereocenters. The number of carbonyl (C=O) groups excluding carboxylic acids is 1. The number of benzene rings is 2. The van der Waals surface area contributed by atoms with Crippen LogP contribution in [0.15, 0.2) is 47.8 Å². The summed E-state index contributed by atoms with van der Waals surface area (Å²) in [6, 6.07) is 15.0. The Kier molecular flexibility index (Phi) is 9.89. The third-order valence-electron chi connectivity index (χ3n) is 6.52. The van der Waals surface area contributed by atoms with Crippen molar-refractivity contribution in [2.75, 3.05) is 49.5 Å². The minimum absolute atomic E-state index is 0. The number of hydrogen-bond donors (Lipinski definition) is 1. The van der Waals surface area contributed by atoms with Crippen molar-refractivity contribution >= 4 is 63.5 Å². The van der Waals surface area contributed by atoms with E-state index in [2.05, 4.69) is 50.8 Å². The van der Waals surface area contributed by atoms with Gasteiger partial charge in [-0.25, -0.2) is 0 Å². The molecule has 2 aromatic carbocycles. The van der Waals surface area contributed by atoms with Crippen molar-refractivity contribution in [3.8, 4) is 5.75 Å². The number of nitrogens with zero attached hydrogens (tertiary/aromatic N) is 2. The Balaban J connectivity index is 0.00000162. The zero-order valence-corrected chi connectivity index (χ0v) is 21.8. The Morgan fingerprint density at radius 1 is 0.971 bits per heavy atom. The van der Waals surface area contributed by atoms with Crippen molar-refractivity contribution in [1.82, 2.24) is 4.90 Å². The summed E-state index contributed by atoms with van der Waals surface area (Å²) in [4.78, 5) is 16.8. The number of fused-ring (bicyclic) bond motifs is 2. The van der Waals surface area contributed by atoms with Gasteiger partial charge >= 0.3 is 0 Å². The lowest BCUT2D eigenvalue weighted by Crippen LogP contribution is -2.31. The largest absolute Gasteiger partial charge is 0.494 e. The molecule has 34 heavy (non-hydrogen) atoms. The van der Waals surface area contributed by atoms with Crippen LogP contribution in [0.5, 0.6) is 5.75 Å². The van der Waals surface area contributed by atoms with Crippen molar-refractivity contribution in [3.63, 3.8) is 0 Å². The molecule has 2 aliphatic heterocycles. The van der Waals surface area contributed by atoms with E-state index < -0.39 is 0 Å². The normalized spacial score (nSPS) is 16.1. The molecule has 184 valence electrons. The number of aryl methyl sites for hydroxylation is 1. The Labute approximate surface area is 218 Å². The Bertz CT molecular complexity index is 1090. The summed E-state index contributed by atoms with van der Waals surface area (Å²) in [6.07, 6.45) is 4.78. The highest BCUT2D eigenvalue weighted by Gasteiger charge is 2.17. The third kappa shape index (κ3) is 6.36. The van der Waals surface area contributed by atoms with Crippen LogP contribution >= 0.6 is 36.2 Å². The SMILES string of the molecule is Cl.Cl.O=C1CCc2ccc(OCCCCN3CCCN(c4cccc5sccc45)CC3)cc2N1. The predicted octanol–water partition coefficient (Wildman–Crippen LogP) is 6.00. The van der Waals surface area contributed by atoms with Crippen molar-refractivity contribution in [1.29, 1.82) is 0 Å². The molecule has 0 unspecified atom stereocenters. The average Bonchev–Trinajstić information content (AvgIpc) is 3.17. The number of anilines is 2. The second kappa shape index (κ2) is 12.6. The molecule has 1 amide bonds. The van der Waals surface area contributed by atoms with Crippen LogP contribution in [-0.4, -0.2) is 50.1 Å². The molecular formula is C26H33Cl2N3O2S. The molecular weight excluding hydrogens is 489 g/mol. The Hall–Kier alpha value is -1.99. The molecule has 0 spiro atoms. The van der Waals surface area contributed by atoms with Gasteiger partial charge in [-0.15, -0.1) is 36.2 Å². The van der Waals surface area contributed by atoms with Crippen molar-refractivity contribution in [2.24, 2.45) is 0 Å². The van der Waals surface area contributed by atoms with E-state index in [4.69, 9.17) is 4.74 Å². The first-order chi connectivity index (χ1) is 15.8. The minimum Gasteiger partial charge on any atom is -0.494 e. The minimum atomic E-state index is 0. The van der Waals surface area contributed by atoms with Crippen molar-refractivity contribution in [3.05, 3.63) is 53.4 Å². The Morgan fingerprint density at radius 2 is 1.88 bits per heavy atom. The summed E-state index contributed by atoms with van der Waals surface area (Å²) in [5, 5.41) is 6.53. The number of hydrogen-bond acceptors (Lipinski definition) is 5. The monoisotopic (exact) mass is 521 g/mol. The molecule has 0 bridgehead atoms. The van der Waals surface area contributed by atoms with Crippen LogP contribution in [0.25, 0.3) is 10.1 Å². The van der Waals surface area contributed by atoms with E-state index in [9.17, 15) is 4.79 Å². The van der Waals surface area contributed by atoms with Gasteiger partial charge in [-0.1, -0.05) is 12.1 Å². The highest BCUT2D eigenvalue weighted by Crippen LogP contribution is 2.31. The number of carbonyl (C=O) groups is 1. The number of unbranched alkanes of at least 4 members (excludes halogenated alkanes) is 1. The predicted molar refractivity (Wildman–Crippen MR) is 148 cm³/mol. The van der Waals surface area contributed by atoms with E-state index in [1.165, 1.54) is 34.3 Å². The van der Waals surface area contributed by atoms with E-state index in [1.807, 2.05) is 23.5 Å². The van der Waals surface area contributed by atoms with E-state index in [1.54, 1.807) is 0 Å².